The van der Waals surface area contributed by atoms with E-state index >= 15 is 0 Å². The number of pyridine rings is 1. The number of aromatic nitrogens is 1. The number of carbonyl (C=O) groups excluding carboxylic acids is 2. The van der Waals surface area contributed by atoms with Gasteiger partial charge in [-0.2, -0.15) is 0 Å². The highest BCUT2D eigenvalue weighted by Gasteiger charge is 2.25. The Morgan fingerprint density at radius 3 is 2.42 bits per heavy atom. The van der Waals surface area contributed by atoms with Crippen molar-refractivity contribution in [2.24, 2.45) is 0 Å². The van der Waals surface area contributed by atoms with Crippen LogP contribution < -0.4 is 4.74 Å². The summed E-state index contributed by atoms with van der Waals surface area (Å²) in [6.07, 6.45) is 3.97. The molecule has 0 bridgehead atoms. The van der Waals surface area contributed by atoms with Crippen molar-refractivity contribution < 1.29 is 14.3 Å². The summed E-state index contributed by atoms with van der Waals surface area (Å²) in [5.41, 5.74) is 2.16. The lowest BCUT2D eigenvalue weighted by Gasteiger charge is -2.23. The van der Waals surface area contributed by atoms with Crippen LogP contribution in [-0.2, 0) is 0 Å². The first kappa shape index (κ1) is 17.9. The van der Waals surface area contributed by atoms with Crippen molar-refractivity contribution >= 4 is 11.8 Å². The summed E-state index contributed by atoms with van der Waals surface area (Å²) in [6.45, 7) is 4.21. The summed E-state index contributed by atoms with van der Waals surface area (Å²) in [4.78, 5) is 33.2. The molecule has 1 saturated heterocycles. The molecule has 6 nitrogen and oxygen atoms in total. The van der Waals surface area contributed by atoms with Crippen LogP contribution in [0.1, 0.15) is 32.7 Å². The second kappa shape index (κ2) is 7.99. The molecule has 1 aromatic heterocycles. The highest BCUT2D eigenvalue weighted by molar-refractivity contribution is 5.97. The molecule has 3 rings (SSSR count). The molecule has 2 amide bonds. The molecule has 0 saturated carbocycles. The lowest BCUT2D eigenvalue weighted by atomic mass is 10.1. The molecule has 0 aliphatic carbocycles. The van der Waals surface area contributed by atoms with Crippen molar-refractivity contribution in [3.8, 4) is 5.75 Å². The van der Waals surface area contributed by atoms with Gasteiger partial charge in [0, 0.05) is 38.6 Å². The van der Waals surface area contributed by atoms with Crippen LogP contribution in [0, 0.1) is 6.92 Å². The minimum absolute atomic E-state index is 0.0412. The SMILES string of the molecule is COc1ccc(C)cc1C(=O)N1CCCN(C(=O)c2cccnc2)CC1. The Hall–Kier alpha value is -2.89. The van der Waals surface area contributed by atoms with E-state index in [0.29, 0.717) is 43.1 Å². The number of ether oxygens (including phenoxy) is 1. The third kappa shape index (κ3) is 3.85. The summed E-state index contributed by atoms with van der Waals surface area (Å²) in [6, 6.07) is 9.11. The predicted molar refractivity (Wildman–Crippen MR) is 98.4 cm³/mol. The molecule has 6 heteroatoms. The van der Waals surface area contributed by atoms with E-state index < -0.39 is 0 Å². The summed E-state index contributed by atoms with van der Waals surface area (Å²) >= 11 is 0. The van der Waals surface area contributed by atoms with Crippen molar-refractivity contribution in [3.63, 3.8) is 0 Å². The van der Waals surface area contributed by atoms with Crippen LogP contribution in [0.2, 0.25) is 0 Å². The Balaban J connectivity index is 1.72. The fourth-order valence-electron chi connectivity index (χ4n) is 3.15. The van der Waals surface area contributed by atoms with Gasteiger partial charge in [0.25, 0.3) is 11.8 Å². The molecule has 26 heavy (non-hydrogen) atoms. The van der Waals surface area contributed by atoms with Gasteiger partial charge in [-0.25, -0.2) is 0 Å². The topological polar surface area (TPSA) is 62.7 Å². The van der Waals surface area contributed by atoms with Crippen LogP contribution in [0.25, 0.3) is 0 Å². The molecule has 1 fully saturated rings. The monoisotopic (exact) mass is 353 g/mol. The average Bonchev–Trinajstić information content (AvgIpc) is 2.93. The van der Waals surface area contributed by atoms with Gasteiger partial charge in [0.2, 0.25) is 0 Å². The molecule has 0 atom stereocenters. The molecule has 0 radical (unpaired) electrons. The molecule has 2 aromatic rings. The van der Waals surface area contributed by atoms with E-state index in [4.69, 9.17) is 4.74 Å². The highest BCUT2D eigenvalue weighted by atomic mass is 16.5. The van der Waals surface area contributed by atoms with Gasteiger partial charge in [-0.15, -0.1) is 0 Å². The molecular weight excluding hydrogens is 330 g/mol. The maximum absolute atomic E-state index is 13.0. The number of aryl methyl sites for hydroxylation is 1. The maximum atomic E-state index is 13.0. The van der Waals surface area contributed by atoms with Gasteiger partial charge in [-0.05, 0) is 37.6 Å². The van der Waals surface area contributed by atoms with Gasteiger partial charge in [-0.1, -0.05) is 11.6 Å². The van der Waals surface area contributed by atoms with Gasteiger partial charge in [-0.3, -0.25) is 14.6 Å². The van der Waals surface area contributed by atoms with Gasteiger partial charge < -0.3 is 14.5 Å². The summed E-state index contributed by atoms with van der Waals surface area (Å²) in [5.74, 6) is 0.481. The molecule has 136 valence electrons. The molecule has 1 aliphatic heterocycles. The number of methoxy groups -OCH3 is 1. The zero-order valence-corrected chi connectivity index (χ0v) is 15.1. The van der Waals surface area contributed by atoms with Crippen LogP contribution in [0.15, 0.2) is 42.7 Å². The number of hydrogen-bond donors (Lipinski definition) is 0. The largest absolute Gasteiger partial charge is 0.496 e. The first-order chi connectivity index (χ1) is 12.6. The number of amides is 2. The van der Waals surface area contributed by atoms with Crippen LogP contribution >= 0.6 is 0 Å². The van der Waals surface area contributed by atoms with Crippen molar-refractivity contribution in [3.05, 3.63) is 59.4 Å². The Morgan fingerprint density at radius 1 is 1.04 bits per heavy atom. The van der Waals surface area contributed by atoms with Gasteiger partial charge in [0.05, 0.1) is 18.2 Å². The average molecular weight is 353 g/mol. The Kier molecular flexibility index (Phi) is 5.51. The van der Waals surface area contributed by atoms with Crippen LogP contribution in [-0.4, -0.2) is 59.9 Å². The van der Waals surface area contributed by atoms with E-state index in [0.717, 1.165) is 12.0 Å². The van der Waals surface area contributed by atoms with Crippen molar-refractivity contribution in [1.29, 1.82) is 0 Å². The predicted octanol–water partition coefficient (Wildman–Crippen LogP) is 2.39. The zero-order chi connectivity index (χ0) is 18.5. The van der Waals surface area contributed by atoms with Gasteiger partial charge >= 0.3 is 0 Å². The first-order valence-corrected chi connectivity index (χ1v) is 8.73. The number of nitrogens with zero attached hydrogens (tertiary/aromatic N) is 3. The number of rotatable bonds is 3. The standard InChI is InChI=1S/C20H23N3O3/c1-15-6-7-18(26-2)17(13-15)20(25)23-10-4-9-22(11-12-23)19(24)16-5-3-8-21-14-16/h3,5-8,13-14H,4,9-12H2,1-2H3. The minimum Gasteiger partial charge on any atom is -0.496 e. The second-order valence-electron chi connectivity index (χ2n) is 6.38. The Morgan fingerprint density at radius 2 is 1.77 bits per heavy atom. The molecule has 1 aliphatic rings. The Bertz CT molecular complexity index is 792. The number of hydrogen-bond acceptors (Lipinski definition) is 4. The molecular formula is C20H23N3O3. The van der Waals surface area contributed by atoms with Crippen LogP contribution in [0.3, 0.4) is 0 Å². The van der Waals surface area contributed by atoms with E-state index in [1.54, 1.807) is 41.4 Å². The molecule has 0 N–H and O–H groups in total. The van der Waals surface area contributed by atoms with Crippen molar-refractivity contribution in [2.45, 2.75) is 13.3 Å². The van der Waals surface area contributed by atoms with Gasteiger partial charge in [0.15, 0.2) is 0 Å². The van der Waals surface area contributed by atoms with E-state index in [-0.39, 0.29) is 11.8 Å². The molecule has 1 aromatic carbocycles. The van der Waals surface area contributed by atoms with E-state index in [9.17, 15) is 9.59 Å². The van der Waals surface area contributed by atoms with E-state index in [1.165, 1.54) is 0 Å². The lowest BCUT2D eigenvalue weighted by Crippen LogP contribution is -2.37. The summed E-state index contributed by atoms with van der Waals surface area (Å²) in [7, 11) is 1.57. The first-order valence-electron chi connectivity index (χ1n) is 8.73. The maximum Gasteiger partial charge on any atom is 0.257 e. The quantitative estimate of drug-likeness (QED) is 0.850. The third-order valence-corrected chi connectivity index (χ3v) is 4.56. The molecule has 0 unspecified atom stereocenters. The molecule has 0 spiro atoms. The minimum atomic E-state index is -0.0544. The number of carbonyl (C=O) groups is 2. The summed E-state index contributed by atoms with van der Waals surface area (Å²) in [5, 5.41) is 0. The van der Waals surface area contributed by atoms with E-state index in [2.05, 4.69) is 4.98 Å². The van der Waals surface area contributed by atoms with Crippen LogP contribution in [0.5, 0.6) is 5.75 Å². The van der Waals surface area contributed by atoms with Crippen molar-refractivity contribution in [1.82, 2.24) is 14.8 Å². The second-order valence-corrected chi connectivity index (χ2v) is 6.38. The smallest absolute Gasteiger partial charge is 0.257 e. The fourth-order valence-corrected chi connectivity index (χ4v) is 3.15. The van der Waals surface area contributed by atoms with E-state index in [1.807, 2.05) is 25.1 Å². The van der Waals surface area contributed by atoms with Crippen molar-refractivity contribution in [2.75, 3.05) is 33.3 Å². The summed E-state index contributed by atoms with van der Waals surface area (Å²) < 4.78 is 5.34. The highest BCUT2D eigenvalue weighted by Crippen LogP contribution is 2.22. The lowest BCUT2D eigenvalue weighted by molar-refractivity contribution is 0.0716. The molecule has 2 heterocycles. The number of benzene rings is 1. The fraction of sp³-hybridized carbons (Fsp3) is 0.350. The Labute approximate surface area is 153 Å². The normalized spacial score (nSPS) is 14.7. The third-order valence-electron chi connectivity index (χ3n) is 4.56. The zero-order valence-electron chi connectivity index (χ0n) is 15.1. The van der Waals surface area contributed by atoms with Crippen LogP contribution in [0.4, 0.5) is 0 Å². The van der Waals surface area contributed by atoms with Gasteiger partial charge in [0.1, 0.15) is 5.75 Å².